The number of hydrogen-bond donors (Lipinski definition) is 1. The average molecular weight is 474 g/mol. The molecule has 0 saturated carbocycles. The highest BCUT2D eigenvalue weighted by Gasteiger charge is 2.14. The maximum absolute atomic E-state index is 12.1. The largest absolute Gasteiger partial charge is 0.490 e. The van der Waals surface area contributed by atoms with Crippen LogP contribution in [0, 0.1) is 0 Å². The highest BCUT2D eigenvalue weighted by Crippen LogP contribution is 2.36. The molecule has 0 aliphatic rings. The summed E-state index contributed by atoms with van der Waals surface area (Å²) in [5.41, 5.74) is 3.25. The number of ether oxygens (including phenoxy) is 2. The number of halogens is 3. The lowest BCUT2D eigenvalue weighted by Crippen LogP contribution is -2.18. The summed E-state index contributed by atoms with van der Waals surface area (Å²) in [7, 11) is 0. The molecule has 142 valence electrons. The van der Waals surface area contributed by atoms with Crippen molar-refractivity contribution in [1.29, 1.82) is 0 Å². The molecule has 6 nitrogen and oxygen atoms in total. The Morgan fingerprint density at radius 3 is 2.63 bits per heavy atom. The number of esters is 1. The van der Waals surface area contributed by atoms with Crippen LogP contribution < -0.4 is 14.9 Å². The van der Waals surface area contributed by atoms with E-state index in [1.807, 2.05) is 6.92 Å². The summed E-state index contributed by atoms with van der Waals surface area (Å²) in [5, 5.41) is 4.57. The average Bonchev–Trinajstić information content (AvgIpc) is 2.58. The van der Waals surface area contributed by atoms with Gasteiger partial charge in [-0.2, -0.15) is 5.10 Å². The molecule has 0 aliphatic heterocycles. The predicted molar refractivity (Wildman–Crippen MR) is 108 cm³/mol. The molecule has 0 aromatic heterocycles. The zero-order valence-corrected chi connectivity index (χ0v) is 17.5. The van der Waals surface area contributed by atoms with Crippen molar-refractivity contribution in [1.82, 2.24) is 5.43 Å². The van der Waals surface area contributed by atoms with Gasteiger partial charge in [0, 0.05) is 11.9 Å². The number of nitrogens with one attached hydrogen (secondary N) is 1. The van der Waals surface area contributed by atoms with E-state index >= 15 is 0 Å². The fourth-order valence-corrected chi connectivity index (χ4v) is 3.10. The second-order valence-corrected chi connectivity index (χ2v) is 6.88. The molecule has 2 rings (SSSR count). The molecular formula is C18H15BrCl2N2O4. The smallest absolute Gasteiger partial charge is 0.308 e. The maximum atomic E-state index is 12.1. The Bertz CT molecular complexity index is 903. The van der Waals surface area contributed by atoms with Crippen LogP contribution in [0.15, 0.2) is 39.9 Å². The third-order valence-corrected chi connectivity index (χ3v) is 4.27. The third kappa shape index (κ3) is 5.95. The monoisotopic (exact) mass is 472 g/mol. The second-order valence-electron chi connectivity index (χ2n) is 5.18. The molecule has 27 heavy (non-hydrogen) atoms. The molecule has 0 aliphatic carbocycles. The molecule has 1 amide bonds. The Hall–Kier alpha value is -2.09. The molecule has 9 heteroatoms. The summed E-state index contributed by atoms with van der Waals surface area (Å²) in [6, 6.07) is 7.85. The zero-order chi connectivity index (χ0) is 20.0. The molecule has 0 unspecified atom stereocenters. The lowest BCUT2D eigenvalue weighted by atomic mass is 10.2. The zero-order valence-electron chi connectivity index (χ0n) is 14.4. The van der Waals surface area contributed by atoms with Gasteiger partial charge in [0.25, 0.3) is 5.91 Å². The highest BCUT2D eigenvalue weighted by molar-refractivity contribution is 9.10. The van der Waals surface area contributed by atoms with Gasteiger partial charge in [0.2, 0.25) is 0 Å². The maximum Gasteiger partial charge on any atom is 0.308 e. The van der Waals surface area contributed by atoms with Crippen molar-refractivity contribution < 1.29 is 19.1 Å². The lowest BCUT2D eigenvalue weighted by Gasteiger charge is -2.12. The Morgan fingerprint density at radius 1 is 1.26 bits per heavy atom. The molecule has 1 N–H and O–H groups in total. The summed E-state index contributed by atoms with van der Waals surface area (Å²) in [5.74, 6) is -0.298. The topological polar surface area (TPSA) is 77.0 Å². The summed E-state index contributed by atoms with van der Waals surface area (Å²) in [6.45, 7) is 3.49. The number of benzene rings is 2. The van der Waals surface area contributed by atoms with Crippen molar-refractivity contribution in [2.75, 3.05) is 6.61 Å². The van der Waals surface area contributed by atoms with Gasteiger partial charge in [-0.25, -0.2) is 5.43 Å². The van der Waals surface area contributed by atoms with Crippen LogP contribution in [0.1, 0.15) is 29.8 Å². The van der Waals surface area contributed by atoms with E-state index in [1.165, 1.54) is 25.3 Å². The summed E-state index contributed by atoms with van der Waals surface area (Å²) >= 11 is 15.1. The lowest BCUT2D eigenvalue weighted by molar-refractivity contribution is -0.132. The van der Waals surface area contributed by atoms with Gasteiger partial charge in [0.1, 0.15) is 0 Å². The van der Waals surface area contributed by atoms with E-state index in [-0.39, 0.29) is 16.3 Å². The standard InChI is InChI=1S/C18H15BrCl2N2O4/c1-3-26-16-7-11(6-14(19)17(16)27-10(2)24)9-22-23-18(25)13-5-4-12(20)8-15(13)21/h4-9H,3H2,1-2H3,(H,23,25)/b22-9-. The fourth-order valence-electron chi connectivity index (χ4n) is 2.07. The number of carbonyl (C=O) groups is 2. The predicted octanol–water partition coefficient (Wildman–Crippen LogP) is 4.84. The van der Waals surface area contributed by atoms with E-state index in [0.29, 0.717) is 27.4 Å². The first kappa shape index (κ1) is 21.2. The molecule has 0 radical (unpaired) electrons. The molecular weight excluding hydrogens is 459 g/mol. The molecule has 0 fully saturated rings. The normalized spacial score (nSPS) is 10.7. The summed E-state index contributed by atoms with van der Waals surface area (Å²) in [4.78, 5) is 23.4. The van der Waals surface area contributed by atoms with E-state index < -0.39 is 11.9 Å². The van der Waals surface area contributed by atoms with Gasteiger partial charge in [-0.3, -0.25) is 9.59 Å². The van der Waals surface area contributed by atoms with Gasteiger partial charge in [-0.15, -0.1) is 0 Å². The molecule has 0 spiro atoms. The van der Waals surface area contributed by atoms with Crippen LogP contribution >= 0.6 is 39.1 Å². The number of carbonyl (C=O) groups excluding carboxylic acids is 2. The minimum absolute atomic E-state index is 0.224. The van der Waals surface area contributed by atoms with Crippen molar-refractivity contribution in [2.24, 2.45) is 5.10 Å². The van der Waals surface area contributed by atoms with Crippen LogP contribution in [-0.4, -0.2) is 24.7 Å². The van der Waals surface area contributed by atoms with Crippen LogP contribution in [0.25, 0.3) is 0 Å². The number of rotatable bonds is 6. The molecule has 0 heterocycles. The van der Waals surface area contributed by atoms with Crippen molar-refractivity contribution in [3.63, 3.8) is 0 Å². The van der Waals surface area contributed by atoms with Crippen LogP contribution in [0.3, 0.4) is 0 Å². The SMILES string of the molecule is CCOc1cc(/C=N\NC(=O)c2ccc(Cl)cc2Cl)cc(Br)c1OC(C)=O. The quantitative estimate of drug-likeness (QED) is 0.281. The van der Waals surface area contributed by atoms with Gasteiger partial charge in [0.05, 0.1) is 27.9 Å². The second kappa shape index (κ2) is 9.73. The number of nitrogens with zero attached hydrogens (tertiary/aromatic N) is 1. The van der Waals surface area contributed by atoms with Gasteiger partial charge in [0.15, 0.2) is 11.5 Å². The Labute approximate surface area is 174 Å². The molecule has 2 aromatic carbocycles. The van der Waals surface area contributed by atoms with Gasteiger partial charge >= 0.3 is 5.97 Å². The van der Waals surface area contributed by atoms with Crippen LogP contribution in [-0.2, 0) is 4.79 Å². The molecule has 0 atom stereocenters. The number of hydrogen-bond acceptors (Lipinski definition) is 5. The Kier molecular flexibility index (Phi) is 7.65. The van der Waals surface area contributed by atoms with Crippen molar-refractivity contribution in [2.45, 2.75) is 13.8 Å². The summed E-state index contributed by atoms with van der Waals surface area (Å²) < 4.78 is 11.2. The first-order chi connectivity index (χ1) is 12.8. The van der Waals surface area contributed by atoms with Crippen molar-refractivity contribution >= 4 is 57.2 Å². The first-order valence-corrected chi connectivity index (χ1v) is 9.30. The van der Waals surface area contributed by atoms with Crippen LogP contribution in [0.2, 0.25) is 10.0 Å². The van der Waals surface area contributed by atoms with E-state index in [4.69, 9.17) is 32.7 Å². The number of amides is 1. The summed E-state index contributed by atoms with van der Waals surface area (Å²) in [6.07, 6.45) is 1.42. The Balaban J connectivity index is 2.18. The van der Waals surface area contributed by atoms with Crippen molar-refractivity contribution in [3.05, 3.63) is 56.0 Å². The van der Waals surface area contributed by atoms with Gasteiger partial charge in [-0.1, -0.05) is 23.2 Å². The van der Waals surface area contributed by atoms with Gasteiger partial charge < -0.3 is 9.47 Å². The van der Waals surface area contributed by atoms with Crippen molar-refractivity contribution in [3.8, 4) is 11.5 Å². The molecule has 0 bridgehead atoms. The van der Waals surface area contributed by atoms with Crippen LogP contribution in [0.4, 0.5) is 0 Å². The van der Waals surface area contributed by atoms with E-state index in [1.54, 1.807) is 18.2 Å². The number of hydrazone groups is 1. The molecule has 0 saturated heterocycles. The Morgan fingerprint density at radius 2 is 2.00 bits per heavy atom. The highest BCUT2D eigenvalue weighted by atomic mass is 79.9. The minimum Gasteiger partial charge on any atom is -0.490 e. The van der Waals surface area contributed by atoms with Crippen LogP contribution in [0.5, 0.6) is 11.5 Å². The van der Waals surface area contributed by atoms with Gasteiger partial charge in [-0.05, 0) is 58.7 Å². The third-order valence-electron chi connectivity index (χ3n) is 3.13. The first-order valence-electron chi connectivity index (χ1n) is 7.75. The molecule has 2 aromatic rings. The fraction of sp³-hybridized carbons (Fsp3) is 0.167. The van der Waals surface area contributed by atoms with E-state index in [0.717, 1.165) is 0 Å². The minimum atomic E-state index is -0.478. The van der Waals surface area contributed by atoms with E-state index in [9.17, 15) is 9.59 Å². The van der Waals surface area contributed by atoms with E-state index in [2.05, 4.69) is 26.5 Å².